The lowest BCUT2D eigenvalue weighted by molar-refractivity contribution is 0.613. The quantitative estimate of drug-likeness (QED) is 0.457. The lowest BCUT2D eigenvalue weighted by Crippen LogP contribution is -1.89. The molecule has 0 fully saturated rings. The van der Waals surface area contributed by atoms with Crippen molar-refractivity contribution in [3.63, 3.8) is 0 Å². The molecule has 0 bridgehead atoms. The van der Waals surface area contributed by atoms with Crippen molar-refractivity contribution in [1.29, 1.82) is 0 Å². The molecule has 0 spiro atoms. The van der Waals surface area contributed by atoms with Crippen LogP contribution >= 0.6 is 10.8 Å². The van der Waals surface area contributed by atoms with Crippen molar-refractivity contribution in [3.05, 3.63) is 11.5 Å². The van der Waals surface area contributed by atoms with Crippen molar-refractivity contribution < 1.29 is 8.42 Å². The van der Waals surface area contributed by atoms with Gasteiger partial charge in [-0.25, -0.2) is 8.42 Å². The monoisotopic (exact) mass is 136 g/mol. The van der Waals surface area contributed by atoms with Gasteiger partial charge in [0.1, 0.15) is 0 Å². The Morgan fingerprint density at radius 1 is 1.57 bits per heavy atom. The molecule has 0 unspecified atom stereocenters. The van der Waals surface area contributed by atoms with Crippen LogP contribution in [0.2, 0.25) is 0 Å². The summed E-state index contributed by atoms with van der Waals surface area (Å²) in [6.07, 6.45) is 1.64. The highest BCUT2D eigenvalue weighted by molar-refractivity contribution is 8.73. The summed E-state index contributed by atoms with van der Waals surface area (Å²) in [6, 6.07) is 0. The zero-order valence-corrected chi connectivity index (χ0v) is 5.13. The van der Waals surface area contributed by atoms with E-state index in [1.54, 1.807) is 11.5 Å². The first-order valence-corrected chi connectivity index (χ1v) is 4.81. The van der Waals surface area contributed by atoms with E-state index in [-0.39, 0.29) is 5.75 Å². The van der Waals surface area contributed by atoms with E-state index in [0.717, 1.165) is 10.8 Å². The highest BCUT2D eigenvalue weighted by Gasteiger charge is 2.11. The third-order valence-corrected chi connectivity index (χ3v) is 3.42. The van der Waals surface area contributed by atoms with E-state index in [1.165, 1.54) is 0 Å². The molecule has 1 heterocycles. The normalized spacial score (nSPS) is 25.7. The Balaban J connectivity index is 2.88. The van der Waals surface area contributed by atoms with Crippen LogP contribution in [0.25, 0.3) is 0 Å². The number of hydrogen-bond donors (Lipinski definition) is 0. The van der Waals surface area contributed by atoms with Gasteiger partial charge < -0.3 is 0 Å². The van der Waals surface area contributed by atoms with Gasteiger partial charge in [-0.05, 0) is 16.2 Å². The van der Waals surface area contributed by atoms with Crippen LogP contribution in [0.3, 0.4) is 0 Å². The molecule has 1 rings (SSSR count). The Kier molecular flexibility index (Phi) is 1.13. The molecule has 0 aromatic heterocycles. The molecule has 7 heavy (non-hydrogen) atoms. The van der Waals surface area contributed by atoms with Crippen LogP contribution in [0.15, 0.2) is 11.5 Å². The molecule has 0 amide bonds. The molecule has 1 aliphatic rings. The Labute approximate surface area is 45.9 Å². The van der Waals surface area contributed by atoms with Crippen LogP contribution in [0.5, 0.6) is 0 Å². The predicted molar refractivity (Wildman–Crippen MR) is 30.5 cm³/mol. The van der Waals surface area contributed by atoms with Gasteiger partial charge in [-0.2, -0.15) is 0 Å². The van der Waals surface area contributed by atoms with Crippen molar-refractivity contribution in [3.8, 4) is 0 Å². The summed E-state index contributed by atoms with van der Waals surface area (Å²) in [5.41, 5.74) is 0. The first-order chi connectivity index (χ1) is 3.21. The molecule has 0 atom stereocenters. The Morgan fingerprint density at radius 3 is 2.43 bits per heavy atom. The molecule has 0 aromatic carbocycles. The van der Waals surface area contributed by atoms with E-state index < -0.39 is 8.87 Å². The average Bonchev–Trinajstić information content (AvgIpc) is 1.84. The van der Waals surface area contributed by atoms with E-state index >= 15 is 0 Å². The summed E-state index contributed by atoms with van der Waals surface area (Å²) >= 11 is 0. The van der Waals surface area contributed by atoms with Crippen molar-refractivity contribution >= 4 is 19.7 Å². The molecule has 0 aromatic rings. The summed E-state index contributed by atoms with van der Waals surface area (Å²) in [4.78, 5) is 0. The van der Waals surface area contributed by atoms with Gasteiger partial charge in [-0.3, -0.25) is 0 Å². The minimum Gasteiger partial charge on any atom is -0.217 e. The maximum absolute atomic E-state index is 10.3. The molecular weight excluding hydrogens is 132 g/mol. The van der Waals surface area contributed by atoms with Crippen LogP contribution in [-0.2, 0) is 8.87 Å². The number of hydrogen-bond acceptors (Lipinski definition) is 3. The molecule has 4 heteroatoms. The molecule has 40 valence electrons. The van der Waals surface area contributed by atoms with Crippen molar-refractivity contribution in [2.75, 3.05) is 5.75 Å². The van der Waals surface area contributed by atoms with Gasteiger partial charge in [0.25, 0.3) is 0 Å². The van der Waals surface area contributed by atoms with Crippen molar-refractivity contribution in [2.45, 2.75) is 0 Å². The summed E-state index contributed by atoms with van der Waals surface area (Å²) in [6.45, 7) is 0. The fraction of sp³-hybridized carbons (Fsp3) is 0.333. The highest BCUT2D eigenvalue weighted by Crippen LogP contribution is 2.20. The summed E-state index contributed by atoms with van der Waals surface area (Å²) in [5.74, 6) is 0.206. The summed E-state index contributed by atoms with van der Waals surface area (Å²) < 4.78 is 20.7. The first kappa shape index (κ1) is 5.18. The average molecular weight is 136 g/mol. The minimum atomic E-state index is -2.74. The predicted octanol–water partition coefficient (Wildman–Crippen LogP) is 0.577. The van der Waals surface area contributed by atoms with Crippen LogP contribution in [-0.4, -0.2) is 14.2 Å². The van der Waals surface area contributed by atoms with E-state index in [4.69, 9.17) is 0 Å². The molecule has 0 saturated heterocycles. The van der Waals surface area contributed by atoms with E-state index in [1.807, 2.05) is 0 Å². The zero-order valence-electron chi connectivity index (χ0n) is 3.49. The highest BCUT2D eigenvalue weighted by atomic mass is 33.1. The fourth-order valence-electron chi connectivity index (χ4n) is 0.320. The van der Waals surface area contributed by atoms with Crippen LogP contribution in [0.4, 0.5) is 0 Å². The minimum absolute atomic E-state index is 0.206. The molecule has 0 aliphatic carbocycles. The second-order valence-electron chi connectivity index (χ2n) is 1.19. The second-order valence-corrected chi connectivity index (χ2v) is 5.21. The largest absolute Gasteiger partial charge is 0.217 e. The molecule has 0 N–H and O–H groups in total. The van der Waals surface area contributed by atoms with Crippen LogP contribution in [0.1, 0.15) is 0 Å². The molecule has 0 saturated carbocycles. The molecule has 1 aliphatic heterocycles. The van der Waals surface area contributed by atoms with E-state index in [0.29, 0.717) is 0 Å². The topological polar surface area (TPSA) is 34.1 Å². The van der Waals surface area contributed by atoms with Crippen molar-refractivity contribution in [1.82, 2.24) is 0 Å². The SMILES string of the molecule is O=S1(=O)CC=CS1. The molecule has 2 nitrogen and oxygen atoms in total. The van der Waals surface area contributed by atoms with Gasteiger partial charge in [0.15, 0.2) is 0 Å². The van der Waals surface area contributed by atoms with Crippen LogP contribution in [0, 0.1) is 0 Å². The Morgan fingerprint density at radius 2 is 2.29 bits per heavy atom. The standard InChI is InChI=1S/C3H4O2S2/c4-7(5)3-1-2-6-7/h1-2H,3H2. The molecule has 0 radical (unpaired) electrons. The Bertz CT molecular complexity index is 163. The molecular formula is C3H4O2S2. The first-order valence-electron chi connectivity index (χ1n) is 1.77. The van der Waals surface area contributed by atoms with Crippen LogP contribution < -0.4 is 0 Å². The smallest absolute Gasteiger partial charge is 0.209 e. The van der Waals surface area contributed by atoms with Gasteiger partial charge in [0, 0.05) is 0 Å². The second kappa shape index (κ2) is 1.52. The third kappa shape index (κ3) is 1.21. The van der Waals surface area contributed by atoms with Gasteiger partial charge >= 0.3 is 0 Å². The van der Waals surface area contributed by atoms with Gasteiger partial charge in [0.2, 0.25) is 8.87 Å². The third-order valence-electron chi connectivity index (χ3n) is 0.599. The van der Waals surface area contributed by atoms with Gasteiger partial charge in [0.05, 0.1) is 5.75 Å². The van der Waals surface area contributed by atoms with Crippen molar-refractivity contribution in [2.24, 2.45) is 0 Å². The summed E-state index contributed by atoms with van der Waals surface area (Å²) in [7, 11) is -1.85. The van der Waals surface area contributed by atoms with E-state index in [2.05, 4.69) is 0 Å². The number of rotatable bonds is 0. The summed E-state index contributed by atoms with van der Waals surface area (Å²) in [5, 5.41) is 1.59. The maximum Gasteiger partial charge on any atom is 0.209 e. The lowest BCUT2D eigenvalue weighted by Gasteiger charge is -1.81. The lowest BCUT2D eigenvalue weighted by atomic mass is 10.8. The van der Waals surface area contributed by atoms with E-state index in [9.17, 15) is 8.42 Å². The zero-order chi connectivity index (χ0) is 5.33. The van der Waals surface area contributed by atoms with Gasteiger partial charge in [-0.1, -0.05) is 6.08 Å². The Hall–Kier alpha value is 0.0400. The maximum atomic E-state index is 10.3. The van der Waals surface area contributed by atoms with Gasteiger partial charge in [-0.15, -0.1) is 0 Å². The fourth-order valence-corrected chi connectivity index (χ4v) is 2.41.